The van der Waals surface area contributed by atoms with Gasteiger partial charge in [-0.15, -0.1) is 0 Å². The van der Waals surface area contributed by atoms with Crippen molar-refractivity contribution < 1.29 is 9.00 Å². The molecule has 0 aliphatic carbocycles. The summed E-state index contributed by atoms with van der Waals surface area (Å²) < 4.78 is 12.2. The lowest BCUT2D eigenvalue weighted by Crippen LogP contribution is -2.20. The number of aryl methyl sites for hydroxylation is 2. The average molecular weight is 302 g/mol. The summed E-state index contributed by atoms with van der Waals surface area (Å²) in [6.45, 7) is 3.95. The van der Waals surface area contributed by atoms with Crippen molar-refractivity contribution in [3.05, 3.63) is 53.6 Å². The molecule has 2 aromatic rings. The van der Waals surface area contributed by atoms with Gasteiger partial charge < -0.3 is 11.1 Å². The van der Waals surface area contributed by atoms with Crippen molar-refractivity contribution in [3.63, 3.8) is 0 Å². The van der Waals surface area contributed by atoms with Crippen LogP contribution >= 0.6 is 0 Å². The first-order valence-electron chi connectivity index (χ1n) is 6.57. The Labute approximate surface area is 126 Å². The first-order valence-corrected chi connectivity index (χ1v) is 7.89. The Kier molecular flexibility index (Phi) is 4.75. The third kappa shape index (κ3) is 3.92. The fraction of sp³-hybridized carbons (Fsp3) is 0.188. The standard InChI is InChI=1S/C16H18N2O2S/c1-11-7-8-13(9-12(11)2)21(20)10-16(19)18-15-6-4-3-5-14(15)17/h3-9H,10,17H2,1-2H3,(H,18,19). The van der Waals surface area contributed by atoms with Crippen LogP contribution in [-0.4, -0.2) is 15.9 Å². The summed E-state index contributed by atoms with van der Waals surface area (Å²) >= 11 is 0. The maximum Gasteiger partial charge on any atom is 0.237 e. The van der Waals surface area contributed by atoms with Gasteiger partial charge in [-0.1, -0.05) is 18.2 Å². The van der Waals surface area contributed by atoms with Gasteiger partial charge in [-0.05, 0) is 49.2 Å². The molecule has 5 heteroatoms. The van der Waals surface area contributed by atoms with E-state index < -0.39 is 10.8 Å². The van der Waals surface area contributed by atoms with E-state index in [1.54, 1.807) is 30.3 Å². The number of hydrogen-bond donors (Lipinski definition) is 2. The molecule has 0 radical (unpaired) electrons. The summed E-state index contributed by atoms with van der Waals surface area (Å²) in [6.07, 6.45) is 0. The number of nitrogens with two attached hydrogens (primary N) is 1. The first kappa shape index (κ1) is 15.3. The quantitative estimate of drug-likeness (QED) is 0.853. The molecule has 0 aliphatic rings. The highest BCUT2D eigenvalue weighted by Gasteiger charge is 2.12. The topological polar surface area (TPSA) is 72.2 Å². The number of hydrogen-bond acceptors (Lipinski definition) is 3. The van der Waals surface area contributed by atoms with Crippen LogP contribution in [0.25, 0.3) is 0 Å². The molecule has 1 unspecified atom stereocenters. The molecule has 2 rings (SSSR count). The second-order valence-corrected chi connectivity index (χ2v) is 6.32. The van der Waals surface area contributed by atoms with Crippen molar-refractivity contribution in [1.29, 1.82) is 0 Å². The van der Waals surface area contributed by atoms with Gasteiger partial charge in [0, 0.05) is 4.90 Å². The molecular weight excluding hydrogens is 284 g/mol. The molecule has 2 aromatic carbocycles. The predicted octanol–water partition coefficient (Wildman–Crippen LogP) is 2.63. The number of anilines is 2. The van der Waals surface area contributed by atoms with E-state index in [4.69, 9.17) is 5.73 Å². The summed E-state index contributed by atoms with van der Waals surface area (Å²) in [4.78, 5) is 12.6. The molecule has 3 N–H and O–H groups in total. The van der Waals surface area contributed by atoms with E-state index in [-0.39, 0.29) is 11.7 Å². The summed E-state index contributed by atoms with van der Waals surface area (Å²) in [6, 6.07) is 12.6. The van der Waals surface area contributed by atoms with Crippen LogP contribution in [0.2, 0.25) is 0 Å². The maximum absolute atomic E-state index is 12.2. The van der Waals surface area contributed by atoms with E-state index in [0.29, 0.717) is 16.3 Å². The normalized spacial score (nSPS) is 11.9. The van der Waals surface area contributed by atoms with E-state index in [1.807, 2.05) is 26.0 Å². The van der Waals surface area contributed by atoms with Crippen LogP contribution < -0.4 is 11.1 Å². The van der Waals surface area contributed by atoms with Crippen molar-refractivity contribution >= 4 is 28.1 Å². The fourth-order valence-corrected chi connectivity index (χ4v) is 2.86. The maximum atomic E-state index is 12.2. The molecule has 0 spiro atoms. The molecule has 110 valence electrons. The zero-order valence-corrected chi connectivity index (χ0v) is 12.9. The highest BCUT2D eigenvalue weighted by Crippen LogP contribution is 2.17. The van der Waals surface area contributed by atoms with Crippen LogP contribution in [0, 0.1) is 13.8 Å². The Morgan fingerprint density at radius 2 is 1.86 bits per heavy atom. The molecule has 1 atom stereocenters. The predicted molar refractivity (Wildman–Crippen MR) is 86.7 cm³/mol. The van der Waals surface area contributed by atoms with Crippen molar-refractivity contribution in [2.75, 3.05) is 16.8 Å². The van der Waals surface area contributed by atoms with Crippen LogP contribution in [0.4, 0.5) is 11.4 Å². The van der Waals surface area contributed by atoms with Crippen molar-refractivity contribution in [2.45, 2.75) is 18.7 Å². The van der Waals surface area contributed by atoms with Gasteiger partial charge in [-0.3, -0.25) is 9.00 Å². The summed E-state index contributed by atoms with van der Waals surface area (Å²) in [7, 11) is -1.37. The SMILES string of the molecule is Cc1ccc(S(=O)CC(=O)Nc2ccccc2N)cc1C. The van der Waals surface area contributed by atoms with E-state index in [0.717, 1.165) is 11.1 Å². The van der Waals surface area contributed by atoms with Gasteiger partial charge in [-0.2, -0.15) is 0 Å². The second kappa shape index (κ2) is 6.54. The third-order valence-electron chi connectivity index (χ3n) is 3.24. The monoisotopic (exact) mass is 302 g/mol. The Hall–Kier alpha value is -2.14. The lowest BCUT2D eigenvalue weighted by Gasteiger charge is -2.08. The third-order valence-corrected chi connectivity index (χ3v) is 4.54. The van der Waals surface area contributed by atoms with Crippen LogP contribution in [-0.2, 0) is 15.6 Å². The molecule has 0 fully saturated rings. The van der Waals surface area contributed by atoms with Crippen LogP contribution in [0.15, 0.2) is 47.4 Å². The molecule has 4 nitrogen and oxygen atoms in total. The Bertz CT molecular complexity index is 698. The first-order chi connectivity index (χ1) is 9.97. The van der Waals surface area contributed by atoms with Crippen LogP contribution in [0.5, 0.6) is 0 Å². The van der Waals surface area contributed by atoms with E-state index >= 15 is 0 Å². The Balaban J connectivity index is 2.04. The number of benzene rings is 2. The number of nitrogen functional groups attached to an aromatic ring is 1. The van der Waals surface area contributed by atoms with E-state index in [2.05, 4.69) is 5.32 Å². The smallest absolute Gasteiger partial charge is 0.237 e. The molecule has 0 heterocycles. The molecule has 0 aliphatic heterocycles. The van der Waals surface area contributed by atoms with Crippen LogP contribution in [0.3, 0.4) is 0 Å². The minimum atomic E-state index is -1.37. The summed E-state index contributed by atoms with van der Waals surface area (Å²) in [5.74, 6) is -0.402. The highest BCUT2D eigenvalue weighted by molar-refractivity contribution is 7.85. The van der Waals surface area contributed by atoms with Gasteiger partial charge >= 0.3 is 0 Å². The Morgan fingerprint density at radius 3 is 2.52 bits per heavy atom. The average Bonchev–Trinajstić information content (AvgIpc) is 2.44. The lowest BCUT2D eigenvalue weighted by atomic mass is 10.1. The van der Waals surface area contributed by atoms with Gasteiger partial charge in [0.1, 0.15) is 5.75 Å². The summed E-state index contributed by atoms with van der Waals surface area (Å²) in [5, 5.41) is 2.68. The van der Waals surface area contributed by atoms with Gasteiger partial charge in [0.25, 0.3) is 0 Å². The molecule has 0 bridgehead atoms. The number of nitrogens with one attached hydrogen (secondary N) is 1. The molecule has 21 heavy (non-hydrogen) atoms. The number of carbonyl (C=O) groups excluding carboxylic acids is 1. The van der Waals surface area contributed by atoms with Gasteiger partial charge in [0.05, 0.1) is 22.2 Å². The van der Waals surface area contributed by atoms with Gasteiger partial charge in [-0.25, -0.2) is 0 Å². The van der Waals surface area contributed by atoms with E-state index in [1.165, 1.54) is 0 Å². The number of amides is 1. The molecule has 0 aromatic heterocycles. The number of carbonyl (C=O) groups is 1. The molecule has 1 amide bonds. The minimum Gasteiger partial charge on any atom is -0.397 e. The van der Waals surface area contributed by atoms with Crippen molar-refractivity contribution in [3.8, 4) is 0 Å². The second-order valence-electron chi connectivity index (χ2n) is 4.87. The number of para-hydroxylation sites is 2. The molecular formula is C16H18N2O2S. The largest absolute Gasteiger partial charge is 0.397 e. The zero-order chi connectivity index (χ0) is 15.4. The minimum absolute atomic E-state index is 0.0865. The zero-order valence-electron chi connectivity index (χ0n) is 12.1. The fourth-order valence-electron chi connectivity index (χ4n) is 1.86. The van der Waals surface area contributed by atoms with Crippen molar-refractivity contribution in [2.24, 2.45) is 0 Å². The van der Waals surface area contributed by atoms with Gasteiger partial charge in [0.2, 0.25) is 5.91 Å². The highest BCUT2D eigenvalue weighted by atomic mass is 32.2. The Morgan fingerprint density at radius 1 is 1.14 bits per heavy atom. The van der Waals surface area contributed by atoms with Gasteiger partial charge in [0.15, 0.2) is 0 Å². The molecule has 0 saturated heterocycles. The summed E-state index contributed by atoms with van der Waals surface area (Å²) in [5.41, 5.74) is 8.99. The van der Waals surface area contributed by atoms with Crippen LogP contribution in [0.1, 0.15) is 11.1 Å². The van der Waals surface area contributed by atoms with Crippen molar-refractivity contribution in [1.82, 2.24) is 0 Å². The van der Waals surface area contributed by atoms with E-state index in [9.17, 15) is 9.00 Å². The number of rotatable bonds is 4. The lowest BCUT2D eigenvalue weighted by molar-refractivity contribution is -0.113. The molecule has 0 saturated carbocycles.